The van der Waals surface area contributed by atoms with Gasteiger partial charge >= 0.3 is 0 Å². The summed E-state index contributed by atoms with van der Waals surface area (Å²) in [7, 11) is 1.62. The molecule has 0 bridgehead atoms. The zero-order valence-electron chi connectivity index (χ0n) is 6.76. The van der Waals surface area contributed by atoms with E-state index in [4.69, 9.17) is 14.9 Å². The third kappa shape index (κ3) is 1.15. The van der Waals surface area contributed by atoms with Crippen molar-refractivity contribution in [2.45, 2.75) is 18.4 Å². The van der Waals surface area contributed by atoms with E-state index in [0.29, 0.717) is 4.67 Å². The first kappa shape index (κ1) is 8.13. The summed E-state index contributed by atoms with van der Waals surface area (Å²) in [6, 6.07) is 1.79. The fourth-order valence-electron chi connectivity index (χ4n) is 1.21. The molecule has 1 aromatic heterocycles. The van der Waals surface area contributed by atoms with E-state index >= 15 is 0 Å². The zero-order chi connectivity index (χ0) is 8.77. The lowest BCUT2D eigenvalue weighted by molar-refractivity contribution is 0.369. The first-order valence-electron chi connectivity index (χ1n) is 3.78. The van der Waals surface area contributed by atoms with Gasteiger partial charge in [0.25, 0.3) is 0 Å². The fraction of sp³-hybridized carbons (Fsp3) is 0.500. The number of furan rings is 1. The number of halogens is 1. The minimum Gasteiger partial charge on any atom is -0.493 e. The molecule has 4 heteroatoms. The molecule has 1 aromatic rings. The van der Waals surface area contributed by atoms with Crippen LogP contribution in [-0.4, -0.2) is 7.11 Å². The summed E-state index contributed by atoms with van der Waals surface area (Å²) in [5.74, 6) is 1.50. The van der Waals surface area contributed by atoms with E-state index in [2.05, 4.69) is 15.9 Å². The Bertz CT molecular complexity index is 304. The third-order valence-corrected chi connectivity index (χ3v) is 2.52. The summed E-state index contributed by atoms with van der Waals surface area (Å²) in [6.07, 6.45) is 1.95. The Morgan fingerprint density at radius 3 is 2.83 bits per heavy atom. The molecule has 1 heterocycles. The van der Waals surface area contributed by atoms with Crippen molar-refractivity contribution in [2.75, 3.05) is 7.11 Å². The third-order valence-electron chi connectivity index (χ3n) is 2.13. The first-order valence-corrected chi connectivity index (χ1v) is 4.58. The van der Waals surface area contributed by atoms with Gasteiger partial charge in [0.1, 0.15) is 0 Å². The van der Waals surface area contributed by atoms with Gasteiger partial charge in [-0.1, -0.05) is 0 Å². The lowest BCUT2D eigenvalue weighted by atomic mass is 10.2. The molecule has 0 aromatic carbocycles. The highest BCUT2D eigenvalue weighted by molar-refractivity contribution is 9.10. The van der Waals surface area contributed by atoms with E-state index in [1.165, 1.54) is 0 Å². The summed E-state index contributed by atoms with van der Waals surface area (Å²) in [5, 5.41) is 0. The van der Waals surface area contributed by atoms with Crippen LogP contribution in [0.4, 0.5) is 0 Å². The van der Waals surface area contributed by atoms with Crippen molar-refractivity contribution in [3.05, 3.63) is 16.5 Å². The summed E-state index contributed by atoms with van der Waals surface area (Å²) in [5.41, 5.74) is 5.70. The van der Waals surface area contributed by atoms with Gasteiger partial charge in [-0.3, -0.25) is 0 Å². The van der Waals surface area contributed by atoms with Crippen LogP contribution in [0, 0.1) is 0 Å². The van der Waals surface area contributed by atoms with E-state index in [1.807, 2.05) is 0 Å². The summed E-state index contributed by atoms with van der Waals surface area (Å²) in [4.78, 5) is 0. The second kappa shape index (κ2) is 2.50. The Hall–Kier alpha value is -0.480. The number of nitrogens with two attached hydrogens (primary N) is 1. The molecule has 1 aliphatic rings. The van der Waals surface area contributed by atoms with E-state index in [-0.39, 0.29) is 5.54 Å². The predicted molar refractivity (Wildman–Crippen MR) is 48.1 cm³/mol. The van der Waals surface area contributed by atoms with Gasteiger partial charge in [-0.2, -0.15) is 0 Å². The molecule has 0 amide bonds. The van der Waals surface area contributed by atoms with Crippen LogP contribution in [0.15, 0.2) is 15.2 Å². The maximum absolute atomic E-state index is 5.96. The minimum absolute atomic E-state index is 0.267. The molecular weight excluding hydrogens is 222 g/mol. The monoisotopic (exact) mass is 231 g/mol. The van der Waals surface area contributed by atoms with Crippen molar-refractivity contribution in [2.24, 2.45) is 5.73 Å². The molecule has 12 heavy (non-hydrogen) atoms. The van der Waals surface area contributed by atoms with Crippen LogP contribution in [0.2, 0.25) is 0 Å². The molecule has 3 nitrogen and oxygen atoms in total. The van der Waals surface area contributed by atoms with Crippen molar-refractivity contribution >= 4 is 15.9 Å². The van der Waals surface area contributed by atoms with E-state index in [9.17, 15) is 0 Å². The quantitative estimate of drug-likeness (QED) is 0.848. The number of ether oxygens (including phenoxy) is 1. The van der Waals surface area contributed by atoms with Crippen molar-refractivity contribution in [3.8, 4) is 5.75 Å². The second-order valence-corrected chi connectivity index (χ2v) is 3.89. The molecule has 1 aliphatic carbocycles. The van der Waals surface area contributed by atoms with Gasteiger partial charge in [-0.25, -0.2) is 0 Å². The number of hydrogen-bond acceptors (Lipinski definition) is 3. The Labute approximate surface area is 79.0 Å². The van der Waals surface area contributed by atoms with Crippen molar-refractivity contribution < 1.29 is 9.15 Å². The van der Waals surface area contributed by atoms with Crippen LogP contribution in [0.1, 0.15) is 18.6 Å². The van der Waals surface area contributed by atoms with Gasteiger partial charge in [-0.05, 0) is 28.8 Å². The molecule has 1 fully saturated rings. The summed E-state index contributed by atoms with van der Waals surface area (Å²) >= 11 is 3.24. The number of methoxy groups -OCH3 is 1. The van der Waals surface area contributed by atoms with E-state index < -0.39 is 0 Å². The van der Waals surface area contributed by atoms with Crippen molar-refractivity contribution in [1.82, 2.24) is 0 Å². The normalized spacial score (nSPS) is 19.2. The van der Waals surface area contributed by atoms with Crippen LogP contribution < -0.4 is 10.5 Å². The molecule has 1 saturated carbocycles. The largest absolute Gasteiger partial charge is 0.493 e. The smallest absolute Gasteiger partial charge is 0.173 e. The van der Waals surface area contributed by atoms with Gasteiger partial charge in [0, 0.05) is 6.07 Å². The molecular formula is C8H10BrNO2. The molecule has 0 radical (unpaired) electrons. The molecule has 0 atom stereocenters. The minimum atomic E-state index is -0.267. The molecule has 0 spiro atoms. The molecule has 0 saturated heterocycles. The number of hydrogen-bond donors (Lipinski definition) is 1. The lowest BCUT2D eigenvalue weighted by Crippen LogP contribution is -2.18. The first-order chi connectivity index (χ1) is 5.65. The topological polar surface area (TPSA) is 48.4 Å². The van der Waals surface area contributed by atoms with Gasteiger partial charge in [-0.15, -0.1) is 0 Å². The van der Waals surface area contributed by atoms with Gasteiger partial charge in [0.15, 0.2) is 16.2 Å². The van der Waals surface area contributed by atoms with Gasteiger partial charge in [0.05, 0.1) is 12.6 Å². The Morgan fingerprint density at radius 1 is 1.67 bits per heavy atom. The van der Waals surface area contributed by atoms with Crippen LogP contribution >= 0.6 is 15.9 Å². The van der Waals surface area contributed by atoms with Crippen molar-refractivity contribution in [3.63, 3.8) is 0 Å². The highest BCUT2D eigenvalue weighted by Gasteiger charge is 2.45. The maximum Gasteiger partial charge on any atom is 0.173 e. The van der Waals surface area contributed by atoms with Crippen LogP contribution in [-0.2, 0) is 5.54 Å². The van der Waals surface area contributed by atoms with E-state index in [1.54, 1.807) is 13.2 Å². The standard InChI is InChI=1S/C8H10BrNO2/c1-11-5-4-6(9)12-7(5)8(10)2-3-8/h4H,2-3,10H2,1H3. The predicted octanol–water partition coefficient (Wildman–Crippen LogP) is 2.00. The SMILES string of the molecule is COc1cc(Br)oc1C1(N)CC1. The summed E-state index contributed by atoms with van der Waals surface area (Å²) < 4.78 is 11.2. The Balaban J connectivity index is 2.41. The molecule has 0 unspecified atom stereocenters. The Kier molecular flexibility index (Phi) is 1.70. The fourth-order valence-corrected chi connectivity index (χ4v) is 1.58. The molecule has 66 valence electrons. The van der Waals surface area contributed by atoms with Gasteiger partial charge < -0.3 is 14.9 Å². The highest BCUT2D eigenvalue weighted by Crippen LogP contribution is 2.48. The van der Waals surface area contributed by atoms with Crippen LogP contribution in [0.25, 0.3) is 0 Å². The average molecular weight is 232 g/mol. The van der Waals surface area contributed by atoms with E-state index in [0.717, 1.165) is 24.4 Å². The highest BCUT2D eigenvalue weighted by atomic mass is 79.9. The maximum atomic E-state index is 5.96. The molecule has 2 rings (SSSR count). The van der Waals surface area contributed by atoms with Crippen molar-refractivity contribution in [1.29, 1.82) is 0 Å². The second-order valence-electron chi connectivity index (χ2n) is 3.10. The molecule has 2 N–H and O–H groups in total. The summed E-state index contributed by atoms with van der Waals surface area (Å²) in [6.45, 7) is 0. The van der Waals surface area contributed by atoms with Crippen LogP contribution in [0.3, 0.4) is 0 Å². The zero-order valence-corrected chi connectivity index (χ0v) is 8.35. The van der Waals surface area contributed by atoms with Crippen LogP contribution in [0.5, 0.6) is 5.75 Å². The number of rotatable bonds is 2. The van der Waals surface area contributed by atoms with Gasteiger partial charge in [0.2, 0.25) is 0 Å². The average Bonchev–Trinajstić information content (AvgIpc) is 2.64. The molecule has 0 aliphatic heterocycles. The lowest BCUT2D eigenvalue weighted by Gasteiger charge is -2.06. The Morgan fingerprint density at radius 2 is 2.33 bits per heavy atom.